The van der Waals surface area contributed by atoms with Gasteiger partial charge in [-0.15, -0.1) is 0 Å². The number of ether oxygens (including phenoxy) is 3. The summed E-state index contributed by atoms with van der Waals surface area (Å²) in [7, 11) is 3.14. The van der Waals surface area contributed by atoms with E-state index in [2.05, 4.69) is 74.0 Å². The lowest BCUT2D eigenvalue weighted by Crippen LogP contribution is -2.36. The van der Waals surface area contributed by atoms with Crippen molar-refractivity contribution in [3.8, 4) is 11.5 Å². The van der Waals surface area contributed by atoms with Gasteiger partial charge in [0, 0.05) is 55.8 Å². The Morgan fingerprint density at radius 2 is 1.77 bits per heavy atom. The number of rotatable bonds is 18. The molecule has 0 amide bonds. The summed E-state index contributed by atoms with van der Waals surface area (Å²) >= 11 is 0. The van der Waals surface area contributed by atoms with Crippen molar-refractivity contribution in [1.82, 2.24) is 9.80 Å². The fourth-order valence-electron chi connectivity index (χ4n) is 6.34. The second-order valence-electron chi connectivity index (χ2n) is 12.4. The Balaban J connectivity index is 1.93. The number of hydrogen-bond donors (Lipinski definition) is 1. The molecule has 2 saturated heterocycles. The number of alkyl halides is 2. The van der Waals surface area contributed by atoms with E-state index in [1.54, 1.807) is 25.3 Å². The lowest BCUT2D eigenvalue weighted by atomic mass is 9.85. The number of esters is 1. The Morgan fingerprint density at radius 3 is 2.40 bits per heavy atom. The zero-order valence-electron chi connectivity index (χ0n) is 29.1. The molecule has 9 heteroatoms. The van der Waals surface area contributed by atoms with Gasteiger partial charge in [-0.25, -0.2) is 0 Å². The van der Waals surface area contributed by atoms with Crippen molar-refractivity contribution in [2.24, 2.45) is 17.8 Å². The molecule has 0 aromatic heterocycles. The lowest BCUT2D eigenvalue weighted by molar-refractivity contribution is -0.146. The van der Waals surface area contributed by atoms with E-state index < -0.39 is 12.7 Å². The van der Waals surface area contributed by atoms with Gasteiger partial charge in [-0.1, -0.05) is 69.9 Å². The highest BCUT2D eigenvalue weighted by Crippen LogP contribution is 2.38. The van der Waals surface area contributed by atoms with Crippen LogP contribution in [0.15, 0.2) is 73.0 Å². The van der Waals surface area contributed by atoms with E-state index in [1.165, 1.54) is 12.8 Å². The maximum atomic E-state index is 13.7. The third-order valence-electron chi connectivity index (χ3n) is 9.10. The standard InChI is InChI=1S/C38H55F2N3O4/c1-8-10-16-27(3)17-14-19-33(42-21-12-13-22-42)31(18-11-9-2)28(4)29(5)46-36-25-35(47-38(39)40)30(24-32(36)41-6)26-43-23-15-20-34(43)37(44)45-7/h8,10-11,14,16-19,24-25,27-29,31,34,38,41H,1,9,12-13,15,20-23,26H2,2-7H3/b16-10-,17-14+,18-11-,33-19+/t27?,28-,29+,31+,34-/m0/s1. The number of benzene rings is 1. The number of anilines is 1. The average Bonchev–Trinajstić information content (AvgIpc) is 3.76. The molecule has 2 fully saturated rings. The summed E-state index contributed by atoms with van der Waals surface area (Å²) in [4.78, 5) is 16.8. The van der Waals surface area contributed by atoms with E-state index >= 15 is 0 Å². The Hall–Kier alpha value is -3.59. The first-order valence-corrected chi connectivity index (χ1v) is 17.0. The van der Waals surface area contributed by atoms with Crippen molar-refractivity contribution in [3.05, 3.63) is 78.6 Å². The zero-order valence-corrected chi connectivity index (χ0v) is 29.1. The maximum absolute atomic E-state index is 13.7. The van der Waals surface area contributed by atoms with Crippen LogP contribution in [0.3, 0.4) is 0 Å². The molecule has 0 radical (unpaired) electrons. The molecule has 1 aromatic rings. The van der Waals surface area contributed by atoms with Crippen molar-refractivity contribution >= 4 is 11.7 Å². The molecule has 0 bridgehead atoms. The molecule has 2 aliphatic heterocycles. The Bertz CT molecular complexity index is 1270. The summed E-state index contributed by atoms with van der Waals surface area (Å²) in [6.07, 6.45) is 21.4. The van der Waals surface area contributed by atoms with Crippen LogP contribution in [0, 0.1) is 17.8 Å². The molecule has 0 aliphatic carbocycles. The molecule has 260 valence electrons. The van der Waals surface area contributed by atoms with Gasteiger partial charge < -0.3 is 24.4 Å². The predicted molar refractivity (Wildman–Crippen MR) is 187 cm³/mol. The molecule has 0 saturated carbocycles. The highest BCUT2D eigenvalue weighted by atomic mass is 19.3. The fraction of sp³-hybridized carbons (Fsp3) is 0.553. The molecule has 1 unspecified atom stereocenters. The van der Waals surface area contributed by atoms with Crippen molar-refractivity contribution in [2.45, 2.75) is 85.1 Å². The maximum Gasteiger partial charge on any atom is 0.387 e. The number of allylic oxidation sites excluding steroid dienone is 8. The molecule has 0 spiro atoms. The first-order valence-electron chi connectivity index (χ1n) is 17.0. The lowest BCUT2D eigenvalue weighted by Gasteiger charge is -2.34. The highest BCUT2D eigenvalue weighted by molar-refractivity contribution is 5.76. The minimum atomic E-state index is -3.01. The molecule has 2 aliphatic rings. The van der Waals surface area contributed by atoms with E-state index in [0.717, 1.165) is 38.8 Å². The first-order chi connectivity index (χ1) is 22.6. The van der Waals surface area contributed by atoms with Gasteiger partial charge in [0.2, 0.25) is 0 Å². The molecule has 1 aromatic carbocycles. The summed E-state index contributed by atoms with van der Waals surface area (Å²) in [5.74, 6) is 0.549. The molecule has 47 heavy (non-hydrogen) atoms. The zero-order chi connectivity index (χ0) is 34.3. The molecule has 7 nitrogen and oxygen atoms in total. The molecule has 1 N–H and O–H groups in total. The van der Waals surface area contributed by atoms with Crippen LogP contribution in [-0.2, 0) is 16.1 Å². The minimum absolute atomic E-state index is 0.0363. The van der Waals surface area contributed by atoms with Gasteiger partial charge in [0.1, 0.15) is 17.5 Å². The third-order valence-corrected chi connectivity index (χ3v) is 9.10. The summed E-state index contributed by atoms with van der Waals surface area (Å²) < 4.78 is 43.9. The van der Waals surface area contributed by atoms with Crippen molar-refractivity contribution in [2.75, 3.05) is 39.1 Å². The monoisotopic (exact) mass is 655 g/mol. The molecule has 2 heterocycles. The number of nitrogens with one attached hydrogen (secondary N) is 1. The number of carbonyl (C=O) groups is 1. The minimum Gasteiger partial charge on any atom is -0.488 e. The molecule has 5 atom stereocenters. The average molecular weight is 656 g/mol. The SMILES string of the molecule is C=C/C=C\C(C)/C=C/C=C(\[C@H](/C=C\CC)[C@@H](C)[C@@H](C)Oc1cc(OC(F)F)c(CN2CCC[C@H]2C(=O)OC)cc1NC)N1CCCC1. The number of hydrogen-bond acceptors (Lipinski definition) is 7. The number of carbonyl (C=O) groups excluding carboxylic acids is 1. The van der Waals surface area contributed by atoms with Crippen LogP contribution in [0.4, 0.5) is 14.5 Å². The first kappa shape index (κ1) is 37.9. The van der Waals surface area contributed by atoms with Crippen LogP contribution in [0.5, 0.6) is 11.5 Å². The highest BCUT2D eigenvalue weighted by Gasteiger charge is 2.33. The van der Waals surface area contributed by atoms with Crippen molar-refractivity contribution < 1.29 is 27.8 Å². The van der Waals surface area contributed by atoms with Crippen molar-refractivity contribution in [3.63, 3.8) is 0 Å². The number of methoxy groups -OCH3 is 1. The molecular weight excluding hydrogens is 600 g/mol. The van der Waals surface area contributed by atoms with E-state index in [0.29, 0.717) is 30.0 Å². The Kier molecular flexibility index (Phi) is 15.5. The van der Waals surface area contributed by atoms with Crippen LogP contribution in [0.1, 0.15) is 65.4 Å². The molecular formula is C38H55F2N3O4. The summed E-state index contributed by atoms with van der Waals surface area (Å²) in [6, 6.07) is 2.92. The largest absolute Gasteiger partial charge is 0.488 e. The van der Waals surface area contributed by atoms with Gasteiger partial charge in [0.15, 0.2) is 0 Å². The van der Waals surface area contributed by atoms with Gasteiger partial charge in [-0.2, -0.15) is 8.78 Å². The van der Waals surface area contributed by atoms with Crippen LogP contribution in [-0.4, -0.2) is 68.3 Å². The van der Waals surface area contributed by atoms with Gasteiger partial charge >= 0.3 is 12.6 Å². The Morgan fingerprint density at radius 1 is 1.04 bits per heavy atom. The normalized spacial score (nSPS) is 20.3. The topological polar surface area (TPSA) is 63.3 Å². The van der Waals surface area contributed by atoms with Gasteiger partial charge in [0.25, 0.3) is 0 Å². The van der Waals surface area contributed by atoms with Gasteiger partial charge in [-0.3, -0.25) is 9.69 Å². The Labute approximate surface area is 281 Å². The third kappa shape index (κ3) is 11.0. The quantitative estimate of drug-likeness (QED) is 0.0969. The summed E-state index contributed by atoms with van der Waals surface area (Å²) in [5, 5.41) is 3.18. The van der Waals surface area contributed by atoms with Crippen LogP contribution >= 0.6 is 0 Å². The second kappa shape index (κ2) is 19.3. The summed E-state index contributed by atoms with van der Waals surface area (Å²) in [6.45, 7) is 12.2. The van der Waals surface area contributed by atoms with Crippen molar-refractivity contribution in [1.29, 1.82) is 0 Å². The van der Waals surface area contributed by atoms with Crippen LogP contribution in [0.2, 0.25) is 0 Å². The predicted octanol–water partition coefficient (Wildman–Crippen LogP) is 8.37. The van der Waals surface area contributed by atoms with E-state index in [9.17, 15) is 13.6 Å². The van der Waals surface area contributed by atoms with Crippen LogP contribution in [0.25, 0.3) is 0 Å². The second-order valence-corrected chi connectivity index (χ2v) is 12.4. The van der Waals surface area contributed by atoms with E-state index in [4.69, 9.17) is 14.2 Å². The van der Waals surface area contributed by atoms with Crippen LogP contribution < -0.4 is 14.8 Å². The smallest absolute Gasteiger partial charge is 0.387 e. The van der Waals surface area contributed by atoms with E-state index in [1.807, 2.05) is 17.9 Å². The molecule has 3 rings (SSSR count). The number of halogens is 2. The van der Waals surface area contributed by atoms with Gasteiger partial charge in [0.05, 0.1) is 18.9 Å². The fourth-order valence-corrected chi connectivity index (χ4v) is 6.34. The number of nitrogens with zero attached hydrogens (tertiary/aromatic N) is 2. The summed E-state index contributed by atoms with van der Waals surface area (Å²) in [5.41, 5.74) is 2.46. The van der Waals surface area contributed by atoms with Gasteiger partial charge in [-0.05, 0) is 63.6 Å². The number of likely N-dealkylation sites (tertiary alicyclic amines) is 2. The van der Waals surface area contributed by atoms with E-state index in [-0.39, 0.29) is 42.1 Å².